The number of hydrogen-bond donors (Lipinski definition) is 1. The maximum absolute atomic E-state index is 13.1. The highest BCUT2D eigenvalue weighted by molar-refractivity contribution is 5.94. The van der Waals surface area contributed by atoms with Crippen molar-refractivity contribution in [2.45, 2.75) is 58.1 Å². The molecule has 1 atom stereocenters. The number of morpholine rings is 1. The Morgan fingerprint density at radius 2 is 1.69 bits per heavy atom. The molecule has 0 unspecified atom stereocenters. The molecule has 0 aromatic heterocycles. The molecule has 156 valence electrons. The number of ether oxygens (including phenoxy) is 1. The van der Waals surface area contributed by atoms with Crippen LogP contribution in [0.1, 0.15) is 61.4 Å². The summed E-state index contributed by atoms with van der Waals surface area (Å²) in [4.78, 5) is 27.6. The molecule has 0 radical (unpaired) electrons. The lowest BCUT2D eigenvalue weighted by Crippen LogP contribution is -2.53. The van der Waals surface area contributed by atoms with Gasteiger partial charge in [0.1, 0.15) is 0 Å². The number of hydrogen-bond acceptors (Lipinski definition) is 3. The smallest absolute Gasteiger partial charge is 0.254 e. The van der Waals surface area contributed by atoms with E-state index in [0.717, 1.165) is 42.6 Å². The molecule has 5 heteroatoms. The van der Waals surface area contributed by atoms with E-state index in [2.05, 4.69) is 5.32 Å². The van der Waals surface area contributed by atoms with Crippen LogP contribution in [0.15, 0.2) is 24.3 Å². The summed E-state index contributed by atoms with van der Waals surface area (Å²) >= 11 is 0. The van der Waals surface area contributed by atoms with Crippen LogP contribution in [0, 0.1) is 23.2 Å². The molecule has 5 nitrogen and oxygen atoms in total. The van der Waals surface area contributed by atoms with Crippen molar-refractivity contribution in [2.75, 3.05) is 19.7 Å². The number of nitrogens with zero attached hydrogens (tertiary/aromatic N) is 1. The second-order valence-electron chi connectivity index (χ2n) is 10.0. The molecule has 1 aromatic carbocycles. The molecular weight excluding hydrogens is 364 g/mol. The van der Waals surface area contributed by atoms with Crippen LogP contribution in [0.3, 0.4) is 0 Å². The monoisotopic (exact) mass is 396 g/mol. The highest BCUT2D eigenvalue weighted by atomic mass is 16.5. The number of amides is 2. The van der Waals surface area contributed by atoms with Crippen LogP contribution in [0.5, 0.6) is 0 Å². The molecule has 6 rings (SSSR count). The molecule has 1 saturated heterocycles. The third-order valence-electron chi connectivity index (χ3n) is 7.70. The summed E-state index contributed by atoms with van der Waals surface area (Å²) < 4.78 is 5.52. The van der Waals surface area contributed by atoms with Crippen LogP contribution in [0.25, 0.3) is 0 Å². The highest BCUT2D eigenvalue weighted by Gasteiger charge is 2.54. The lowest BCUT2D eigenvalue weighted by Gasteiger charge is -2.55. The van der Waals surface area contributed by atoms with Crippen LogP contribution in [-0.2, 0) is 16.1 Å². The van der Waals surface area contributed by atoms with Crippen molar-refractivity contribution in [3.8, 4) is 0 Å². The van der Waals surface area contributed by atoms with Gasteiger partial charge in [-0.05, 0) is 80.9 Å². The predicted molar refractivity (Wildman–Crippen MR) is 110 cm³/mol. The number of rotatable bonds is 4. The minimum absolute atomic E-state index is 0.0595. The topological polar surface area (TPSA) is 58.6 Å². The van der Waals surface area contributed by atoms with Crippen molar-refractivity contribution >= 4 is 11.8 Å². The average molecular weight is 397 g/mol. The molecular formula is C24H32N2O3. The van der Waals surface area contributed by atoms with Crippen LogP contribution in [0.4, 0.5) is 0 Å². The Bertz CT molecular complexity index is 753. The van der Waals surface area contributed by atoms with E-state index in [1.54, 1.807) is 0 Å². The predicted octanol–water partition coefficient (Wildman–Crippen LogP) is 3.38. The molecule has 29 heavy (non-hydrogen) atoms. The van der Waals surface area contributed by atoms with Crippen molar-refractivity contribution in [3.63, 3.8) is 0 Å². The zero-order valence-corrected chi connectivity index (χ0v) is 17.4. The van der Waals surface area contributed by atoms with Gasteiger partial charge in [0.15, 0.2) is 0 Å². The summed E-state index contributed by atoms with van der Waals surface area (Å²) in [6.07, 6.45) is 7.42. The summed E-state index contributed by atoms with van der Waals surface area (Å²) in [5, 5.41) is 3.22. The Morgan fingerprint density at radius 3 is 2.28 bits per heavy atom. The largest absolute Gasteiger partial charge is 0.375 e. The van der Waals surface area contributed by atoms with Gasteiger partial charge in [0, 0.05) is 30.6 Å². The average Bonchev–Trinajstić information content (AvgIpc) is 2.71. The first-order valence-corrected chi connectivity index (χ1v) is 11.3. The lowest BCUT2D eigenvalue weighted by molar-refractivity contribution is -0.146. The van der Waals surface area contributed by atoms with Gasteiger partial charge < -0.3 is 15.0 Å². The zero-order chi connectivity index (χ0) is 20.0. The Kier molecular flexibility index (Phi) is 4.89. The van der Waals surface area contributed by atoms with Crippen molar-refractivity contribution < 1.29 is 14.3 Å². The fraction of sp³-hybridized carbons (Fsp3) is 0.667. The molecule has 0 spiro atoms. The third-order valence-corrected chi connectivity index (χ3v) is 7.70. The third kappa shape index (κ3) is 3.70. The first-order chi connectivity index (χ1) is 14.0. The summed E-state index contributed by atoms with van der Waals surface area (Å²) in [5.74, 6) is 2.66. The molecule has 1 heterocycles. The quantitative estimate of drug-likeness (QED) is 0.849. The molecule has 5 fully saturated rings. The van der Waals surface area contributed by atoms with Gasteiger partial charge in [0.2, 0.25) is 5.91 Å². The highest BCUT2D eigenvalue weighted by Crippen LogP contribution is 2.60. The van der Waals surface area contributed by atoms with Gasteiger partial charge in [-0.1, -0.05) is 12.1 Å². The van der Waals surface area contributed by atoms with Crippen LogP contribution >= 0.6 is 0 Å². The van der Waals surface area contributed by atoms with Crippen molar-refractivity contribution in [3.05, 3.63) is 35.4 Å². The first-order valence-electron chi connectivity index (χ1n) is 11.3. The van der Waals surface area contributed by atoms with Crippen molar-refractivity contribution in [2.24, 2.45) is 23.2 Å². The van der Waals surface area contributed by atoms with E-state index in [1.807, 2.05) is 36.1 Å². The van der Waals surface area contributed by atoms with Crippen LogP contribution in [-0.4, -0.2) is 42.5 Å². The Labute approximate surface area is 173 Å². The van der Waals surface area contributed by atoms with Crippen LogP contribution < -0.4 is 5.32 Å². The van der Waals surface area contributed by atoms with E-state index in [1.165, 1.54) is 19.3 Å². The molecule has 4 aliphatic carbocycles. The Balaban J connectivity index is 1.19. The minimum Gasteiger partial charge on any atom is -0.375 e. The molecule has 2 amide bonds. The molecule has 1 aliphatic heterocycles. The summed E-state index contributed by atoms with van der Waals surface area (Å²) in [6.45, 7) is 4.42. The Morgan fingerprint density at radius 1 is 1.07 bits per heavy atom. The van der Waals surface area contributed by atoms with Gasteiger partial charge in [-0.25, -0.2) is 0 Å². The standard InChI is InChI=1S/C24H32N2O3/c1-16-15-26(6-7-29-16)22(27)21-4-2-17(3-5-21)14-25-23(28)24-11-18-8-19(12-24)10-20(9-18)13-24/h2-5,16,18-20H,6-15H2,1H3,(H,25,28)/t16-,18?,19?,20?,24?/m1/s1. The minimum atomic E-state index is -0.0995. The molecule has 4 bridgehead atoms. The number of nitrogens with one attached hydrogen (secondary N) is 1. The molecule has 5 aliphatic rings. The second kappa shape index (κ2) is 7.42. The summed E-state index contributed by atoms with van der Waals surface area (Å²) in [5.41, 5.74) is 1.66. The molecule has 1 aromatic rings. The van der Waals surface area contributed by atoms with Gasteiger partial charge in [0.05, 0.1) is 12.7 Å². The normalized spacial score (nSPS) is 35.6. The SMILES string of the molecule is C[C@@H]1CN(C(=O)c2ccc(CNC(=O)C34CC5CC(CC(C5)C3)C4)cc2)CCO1. The number of carbonyl (C=O) groups is 2. The van der Waals surface area contributed by atoms with Gasteiger partial charge in [-0.15, -0.1) is 0 Å². The summed E-state index contributed by atoms with van der Waals surface area (Å²) in [6, 6.07) is 7.71. The van der Waals surface area contributed by atoms with E-state index in [-0.39, 0.29) is 23.3 Å². The van der Waals surface area contributed by atoms with Crippen LogP contribution in [0.2, 0.25) is 0 Å². The van der Waals surface area contributed by atoms with Crippen molar-refractivity contribution in [1.82, 2.24) is 10.2 Å². The van der Waals surface area contributed by atoms with E-state index in [4.69, 9.17) is 4.74 Å². The fourth-order valence-corrected chi connectivity index (χ4v) is 6.71. The maximum Gasteiger partial charge on any atom is 0.254 e. The number of benzene rings is 1. The van der Waals surface area contributed by atoms with E-state index in [0.29, 0.717) is 31.8 Å². The van der Waals surface area contributed by atoms with Gasteiger partial charge >= 0.3 is 0 Å². The zero-order valence-electron chi connectivity index (χ0n) is 17.4. The molecule has 1 N–H and O–H groups in total. The number of carbonyl (C=O) groups excluding carboxylic acids is 2. The molecule has 4 saturated carbocycles. The van der Waals surface area contributed by atoms with Gasteiger partial charge in [0.25, 0.3) is 5.91 Å². The van der Waals surface area contributed by atoms with Gasteiger partial charge in [-0.2, -0.15) is 0 Å². The van der Waals surface area contributed by atoms with E-state index >= 15 is 0 Å². The maximum atomic E-state index is 13.1. The van der Waals surface area contributed by atoms with E-state index < -0.39 is 0 Å². The Hall–Kier alpha value is -1.88. The fourth-order valence-electron chi connectivity index (χ4n) is 6.71. The first kappa shape index (κ1) is 19.1. The van der Waals surface area contributed by atoms with E-state index in [9.17, 15) is 9.59 Å². The summed E-state index contributed by atoms with van der Waals surface area (Å²) in [7, 11) is 0. The lowest BCUT2D eigenvalue weighted by atomic mass is 9.49. The van der Waals surface area contributed by atoms with Gasteiger partial charge in [-0.3, -0.25) is 9.59 Å². The second-order valence-corrected chi connectivity index (χ2v) is 10.0. The van der Waals surface area contributed by atoms with Crippen molar-refractivity contribution in [1.29, 1.82) is 0 Å².